The number of carbonyl (C=O) groups is 1. The van der Waals surface area contributed by atoms with Crippen LogP contribution >= 0.6 is 0 Å². The number of para-hydroxylation sites is 1. The molecule has 172 valence electrons. The van der Waals surface area contributed by atoms with Crippen molar-refractivity contribution in [3.8, 4) is 11.3 Å². The molecule has 0 aliphatic carbocycles. The van der Waals surface area contributed by atoms with Crippen molar-refractivity contribution < 1.29 is 9.63 Å². The minimum atomic E-state index is -0.505. The molecule has 4 rings (SSSR count). The van der Waals surface area contributed by atoms with Gasteiger partial charge in [-0.3, -0.25) is 0 Å². The van der Waals surface area contributed by atoms with E-state index in [1.54, 1.807) is 6.07 Å². The first-order valence-corrected chi connectivity index (χ1v) is 11.5. The lowest BCUT2D eigenvalue weighted by Gasteiger charge is -2.19. The van der Waals surface area contributed by atoms with Crippen molar-refractivity contribution in [2.24, 2.45) is 5.16 Å². The summed E-state index contributed by atoms with van der Waals surface area (Å²) in [7, 11) is 0. The van der Waals surface area contributed by atoms with E-state index < -0.39 is 5.97 Å². The maximum atomic E-state index is 13.1. The maximum absolute atomic E-state index is 13.1. The van der Waals surface area contributed by atoms with Gasteiger partial charge in [-0.25, -0.2) is 9.78 Å². The quantitative estimate of drug-likeness (QED) is 0.185. The Morgan fingerprint density at radius 1 is 0.882 bits per heavy atom. The molecule has 0 saturated carbocycles. The molecule has 0 amide bonds. The SMILES string of the molecule is C/C(=N\OC(=O)c1cc(-c2ccc(C)c(C)c2)nc2ccccc12)c1ccc(C(C)(C)C)cc1. The molecule has 0 radical (unpaired) electrons. The van der Waals surface area contributed by atoms with Gasteiger partial charge in [-0.15, -0.1) is 0 Å². The van der Waals surface area contributed by atoms with Gasteiger partial charge in [0.1, 0.15) is 0 Å². The molecule has 0 bridgehead atoms. The van der Waals surface area contributed by atoms with Gasteiger partial charge in [-0.2, -0.15) is 0 Å². The van der Waals surface area contributed by atoms with Gasteiger partial charge in [0, 0.05) is 10.9 Å². The molecule has 0 unspecified atom stereocenters. The molecule has 4 aromatic rings. The van der Waals surface area contributed by atoms with E-state index in [4.69, 9.17) is 9.82 Å². The fourth-order valence-corrected chi connectivity index (χ4v) is 3.82. The molecule has 1 heterocycles. The average molecular weight is 451 g/mol. The predicted molar refractivity (Wildman–Crippen MR) is 139 cm³/mol. The Bertz CT molecular complexity index is 1390. The third-order valence-corrected chi connectivity index (χ3v) is 6.17. The van der Waals surface area contributed by atoms with Crippen LogP contribution in [0.2, 0.25) is 0 Å². The molecule has 0 atom stereocenters. The van der Waals surface area contributed by atoms with E-state index in [0.29, 0.717) is 11.3 Å². The summed E-state index contributed by atoms with van der Waals surface area (Å²) in [6.45, 7) is 12.5. The number of pyridine rings is 1. The first-order chi connectivity index (χ1) is 16.1. The lowest BCUT2D eigenvalue weighted by molar-refractivity contribution is 0.0518. The fraction of sp³-hybridized carbons (Fsp3) is 0.233. The number of aryl methyl sites for hydroxylation is 2. The predicted octanol–water partition coefficient (Wildman–Crippen LogP) is 7.40. The molecular formula is C30H30N2O2. The fourth-order valence-electron chi connectivity index (χ4n) is 3.82. The second-order valence-electron chi connectivity index (χ2n) is 9.75. The third kappa shape index (κ3) is 4.91. The smallest absolute Gasteiger partial charge is 0.313 e. The van der Waals surface area contributed by atoms with E-state index in [1.165, 1.54) is 16.7 Å². The Hall–Kier alpha value is -3.79. The van der Waals surface area contributed by atoms with E-state index in [2.05, 4.69) is 64.0 Å². The summed E-state index contributed by atoms with van der Waals surface area (Å²) < 4.78 is 0. The van der Waals surface area contributed by atoms with Gasteiger partial charge in [-0.1, -0.05) is 80.5 Å². The highest BCUT2D eigenvalue weighted by molar-refractivity contribution is 6.05. The zero-order chi connectivity index (χ0) is 24.5. The van der Waals surface area contributed by atoms with Gasteiger partial charge in [0.25, 0.3) is 0 Å². The number of aromatic nitrogens is 1. The molecule has 4 nitrogen and oxygen atoms in total. The van der Waals surface area contributed by atoms with Crippen molar-refractivity contribution in [3.05, 3.63) is 101 Å². The molecule has 0 aliphatic heterocycles. The van der Waals surface area contributed by atoms with Crippen LogP contribution in [0.1, 0.15) is 60.3 Å². The van der Waals surface area contributed by atoms with E-state index in [-0.39, 0.29) is 5.41 Å². The minimum absolute atomic E-state index is 0.0755. The van der Waals surface area contributed by atoms with Crippen LogP contribution < -0.4 is 0 Å². The second kappa shape index (κ2) is 9.22. The number of fused-ring (bicyclic) bond motifs is 1. The normalized spacial score (nSPS) is 12.1. The molecule has 0 saturated heterocycles. The standard InChI is InChI=1S/C30H30N2O2/c1-19-11-12-23(17-20(19)2)28-18-26(25-9-7-8-10-27(25)31-28)29(33)34-32-21(3)22-13-15-24(16-14-22)30(4,5)6/h7-18H,1-6H3/b32-21+. The molecule has 0 aliphatic rings. The van der Waals surface area contributed by atoms with E-state index in [1.807, 2.05) is 49.4 Å². The third-order valence-electron chi connectivity index (χ3n) is 6.17. The average Bonchev–Trinajstić information content (AvgIpc) is 2.82. The zero-order valence-corrected chi connectivity index (χ0v) is 20.6. The Morgan fingerprint density at radius 2 is 1.59 bits per heavy atom. The van der Waals surface area contributed by atoms with Gasteiger partial charge in [0.05, 0.1) is 22.5 Å². The van der Waals surface area contributed by atoms with Gasteiger partial charge >= 0.3 is 5.97 Å². The molecule has 4 heteroatoms. The zero-order valence-electron chi connectivity index (χ0n) is 20.6. The number of hydrogen-bond acceptors (Lipinski definition) is 4. The topological polar surface area (TPSA) is 51.5 Å². The Labute approximate surface area is 201 Å². The molecular weight excluding hydrogens is 420 g/mol. The van der Waals surface area contributed by atoms with Crippen molar-refractivity contribution in [2.75, 3.05) is 0 Å². The van der Waals surface area contributed by atoms with Crippen molar-refractivity contribution in [3.63, 3.8) is 0 Å². The van der Waals surface area contributed by atoms with E-state index >= 15 is 0 Å². The lowest BCUT2D eigenvalue weighted by atomic mass is 9.86. The minimum Gasteiger partial charge on any atom is -0.313 e. The van der Waals surface area contributed by atoms with E-state index in [9.17, 15) is 4.79 Å². The molecule has 1 aromatic heterocycles. The van der Waals surface area contributed by atoms with Crippen molar-refractivity contribution in [1.29, 1.82) is 0 Å². The van der Waals surface area contributed by atoms with Crippen LogP contribution in [-0.4, -0.2) is 16.7 Å². The monoisotopic (exact) mass is 450 g/mol. The Morgan fingerprint density at radius 3 is 2.26 bits per heavy atom. The number of oxime groups is 1. The molecule has 0 spiro atoms. The van der Waals surface area contributed by atoms with Crippen LogP contribution in [-0.2, 0) is 10.3 Å². The largest absolute Gasteiger partial charge is 0.366 e. The number of nitrogens with zero attached hydrogens (tertiary/aromatic N) is 2. The first kappa shape index (κ1) is 23.4. The van der Waals surface area contributed by atoms with Gasteiger partial charge < -0.3 is 4.84 Å². The number of carbonyl (C=O) groups excluding carboxylic acids is 1. The van der Waals surface area contributed by atoms with Crippen molar-refractivity contribution in [1.82, 2.24) is 4.98 Å². The van der Waals surface area contributed by atoms with E-state index in [0.717, 1.165) is 27.7 Å². The van der Waals surface area contributed by atoms with Gasteiger partial charge in [0.2, 0.25) is 0 Å². The van der Waals surface area contributed by atoms with Gasteiger partial charge in [-0.05, 0) is 66.6 Å². The van der Waals surface area contributed by atoms with Gasteiger partial charge in [0.15, 0.2) is 0 Å². The first-order valence-electron chi connectivity index (χ1n) is 11.5. The summed E-state index contributed by atoms with van der Waals surface area (Å²) in [5, 5.41) is 4.88. The highest BCUT2D eigenvalue weighted by Gasteiger charge is 2.17. The molecule has 0 N–H and O–H groups in total. The molecule has 3 aromatic carbocycles. The number of rotatable bonds is 4. The maximum Gasteiger partial charge on any atom is 0.366 e. The van der Waals surface area contributed by atoms with Crippen molar-refractivity contribution in [2.45, 2.75) is 47.0 Å². The summed E-state index contributed by atoms with van der Waals surface area (Å²) in [5.41, 5.74) is 8.13. The second-order valence-corrected chi connectivity index (χ2v) is 9.75. The van der Waals surface area contributed by atoms with Crippen LogP contribution in [0.5, 0.6) is 0 Å². The molecule has 0 fully saturated rings. The summed E-state index contributed by atoms with van der Waals surface area (Å²) in [5.74, 6) is -0.505. The summed E-state index contributed by atoms with van der Waals surface area (Å²) in [6.07, 6.45) is 0. The van der Waals surface area contributed by atoms with Crippen molar-refractivity contribution >= 4 is 22.6 Å². The van der Waals surface area contributed by atoms with Crippen LogP contribution in [0, 0.1) is 13.8 Å². The lowest BCUT2D eigenvalue weighted by Crippen LogP contribution is -2.11. The van der Waals surface area contributed by atoms with Crippen LogP contribution in [0.3, 0.4) is 0 Å². The number of hydrogen-bond donors (Lipinski definition) is 0. The number of benzene rings is 3. The van der Waals surface area contributed by atoms with Crippen LogP contribution in [0.15, 0.2) is 78.0 Å². The highest BCUT2D eigenvalue weighted by atomic mass is 16.7. The Balaban J connectivity index is 1.66. The summed E-state index contributed by atoms with van der Waals surface area (Å²) >= 11 is 0. The van der Waals surface area contributed by atoms with Crippen LogP contribution in [0.25, 0.3) is 22.2 Å². The summed E-state index contributed by atoms with van der Waals surface area (Å²) in [6, 6.07) is 23.7. The molecule has 34 heavy (non-hydrogen) atoms. The summed E-state index contributed by atoms with van der Waals surface area (Å²) in [4.78, 5) is 23.3. The highest BCUT2D eigenvalue weighted by Crippen LogP contribution is 2.27. The van der Waals surface area contributed by atoms with Crippen LogP contribution in [0.4, 0.5) is 0 Å². The Kier molecular flexibility index (Phi) is 6.34.